The fourth-order valence-corrected chi connectivity index (χ4v) is 4.23. The number of aryl methyl sites for hydroxylation is 1. The Kier molecular flexibility index (Phi) is 6.40. The standard InChI is InChI=1S/C13H18N6OS2.ClH/c1-3-21-13-18-17-12(22-13)16-11(20)10-6-14-5-9(10)8-4-15-19(2)7-8;/h4,7,9-10,14H,3,5-6H2,1-2H3,(H,16,17,20);1H/t9-,10+;/m1./s1. The van der Waals surface area contributed by atoms with Crippen LogP contribution >= 0.6 is 35.5 Å². The van der Waals surface area contributed by atoms with E-state index in [4.69, 9.17) is 0 Å². The smallest absolute Gasteiger partial charge is 0.231 e. The number of halogens is 1. The van der Waals surface area contributed by atoms with Crippen molar-refractivity contribution in [3.05, 3.63) is 18.0 Å². The zero-order chi connectivity index (χ0) is 15.5. The van der Waals surface area contributed by atoms with Crippen LogP contribution in [0.4, 0.5) is 5.13 Å². The Labute approximate surface area is 149 Å². The molecule has 0 saturated carbocycles. The van der Waals surface area contributed by atoms with E-state index in [1.807, 2.05) is 19.4 Å². The number of anilines is 1. The molecule has 1 amide bonds. The van der Waals surface area contributed by atoms with E-state index in [2.05, 4.69) is 32.9 Å². The minimum atomic E-state index is -0.115. The molecule has 126 valence electrons. The van der Waals surface area contributed by atoms with Crippen LogP contribution in [0.3, 0.4) is 0 Å². The second kappa shape index (κ2) is 8.09. The summed E-state index contributed by atoms with van der Waals surface area (Å²) in [5.41, 5.74) is 1.09. The quantitative estimate of drug-likeness (QED) is 0.612. The molecule has 2 aromatic heterocycles. The largest absolute Gasteiger partial charge is 0.315 e. The van der Waals surface area contributed by atoms with Crippen molar-refractivity contribution in [2.24, 2.45) is 13.0 Å². The van der Waals surface area contributed by atoms with Crippen LogP contribution in [0.2, 0.25) is 0 Å². The Balaban J connectivity index is 0.00000192. The van der Waals surface area contributed by atoms with Gasteiger partial charge in [-0.1, -0.05) is 30.0 Å². The zero-order valence-electron chi connectivity index (χ0n) is 12.9. The van der Waals surface area contributed by atoms with Gasteiger partial charge in [-0.25, -0.2) is 0 Å². The van der Waals surface area contributed by atoms with Crippen molar-refractivity contribution in [1.29, 1.82) is 0 Å². The Morgan fingerprint density at radius 2 is 2.35 bits per heavy atom. The molecule has 3 rings (SSSR count). The van der Waals surface area contributed by atoms with Gasteiger partial charge in [0.25, 0.3) is 0 Å². The Hall–Kier alpha value is -1.16. The van der Waals surface area contributed by atoms with E-state index in [1.54, 1.807) is 16.4 Å². The molecule has 0 radical (unpaired) electrons. The van der Waals surface area contributed by atoms with Gasteiger partial charge in [0.05, 0.1) is 12.1 Å². The molecule has 1 fully saturated rings. The average molecular weight is 375 g/mol. The number of hydrogen-bond donors (Lipinski definition) is 2. The lowest BCUT2D eigenvalue weighted by molar-refractivity contribution is -0.119. The van der Waals surface area contributed by atoms with Crippen molar-refractivity contribution in [3.63, 3.8) is 0 Å². The third-order valence-electron chi connectivity index (χ3n) is 3.61. The van der Waals surface area contributed by atoms with Crippen molar-refractivity contribution < 1.29 is 4.79 Å². The average Bonchev–Trinajstić information content (AvgIpc) is 3.19. The molecule has 2 N–H and O–H groups in total. The second-order valence-corrected chi connectivity index (χ2v) is 7.60. The number of rotatable bonds is 5. The van der Waals surface area contributed by atoms with Crippen molar-refractivity contribution in [3.8, 4) is 0 Å². The predicted octanol–water partition coefficient (Wildman–Crippen LogP) is 1.75. The minimum absolute atomic E-state index is 0. The number of aromatic nitrogens is 4. The fraction of sp³-hybridized carbons (Fsp3) is 0.538. The maximum absolute atomic E-state index is 12.5. The fourth-order valence-electron chi connectivity index (χ4n) is 2.58. The first kappa shape index (κ1) is 18.2. The summed E-state index contributed by atoms with van der Waals surface area (Å²) in [4.78, 5) is 12.5. The number of hydrogen-bond acceptors (Lipinski definition) is 7. The molecule has 3 heterocycles. The van der Waals surface area contributed by atoms with Gasteiger partial charge in [-0.15, -0.1) is 22.6 Å². The van der Waals surface area contributed by atoms with Crippen LogP contribution in [-0.4, -0.2) is 44.7 Å². The van der Waals surface area contributed by atoms with Crippen LogP contribution in [0.15, 0.2) is 16.7 Å². The summed E-state index contributed by atoms with van der Waals surface area (Å²) in [5.74, 6) is 0.961. The van der Waals surface area contributed by atoms with E-state index in [0.29, 0.717) is 11.7 Å². The first-order chi connectivity index (χ1) is 10.7. The monoisotopic (exact) mass is 374 g/mol. The summed E-state index contributed by atoms with van der Waals surface area (Å²) in [7, 11) is 1.88. The van der Waals surface area contributed by atoms with Gasteiger partial charge in [-0.3, -0.25) is 9.48 Å². The molecule has 0 aliphatic carbocycles. The predicted molar refractivity (Wildman–Crippen MR) is 94.5 cm³/mol. The molecule has 0 bridgehead atoms. The third-order valence-corrected chi connectivity index (χ3v) is 5.46. The first-order valence-electron chi connectivity index (χ1n) is 7.13. The second-order valence-electron chi connectivity index (χ2n) is 5.11. The lowest BCUT2D eigenvalue weighted by Crippen LogP contribution is -2.28. The van der Waals surface area contributed by atoms with E-state index < -0.39 is 0 Å². The van der Waals surface area contributed by atoms with E-state index in [-0.39, 0.29) is 30.2 Å². The van der Waals surface area contributed by atoms with Gasteiger partial charge < -0.3 is 10.6 Å². The SMILES string of the molecule is CCSc1nnc(NC(=O)[C@H]2CNC[C@@H]2c2cnn(C)c2)s1.Cl. The van der Waals surface area contributed by atoms with Crippen LogP contribution in [0.1, 0.15) is 18.4 Å². The first-order valence-corrected chi connectivity index (χ1v) is 8.94. The molecule has 0 aromatic carbocycles. The molecule has 1 aliphatic heterocycles. The van der Waals surface area contributed by atoms with Crippen LogP contribution in [0.5, 0.6) is 0 Å². The van der Waals surface area contributed by atoms with Crippen LogP contribution in [-0.2, 0) is 11.8 Å². The number of nitrogens with zero attached hydrogens (tertiary/aromatic N) is 4. The molecule has 10 heteroatoms. The molecule has 0 spiro atoms. The van der Waals surface area contributed by atoms with E-state index in [0.717, 1.165) is 22.2 Å². The summed E-state index contributed by atoms with van der Waals surface area (Å²) in [6, 6.07) is 0. The summed E-state index contributed by atoms with van der Waals surface area (Å²) < 4.78 is 2.65. The molecule has 2 aromatic rings. The van der Waals surface area contributed by atoms with Crippen molar-refractivity contribution >= 4 is 46.5 Å². The number of nitrogens with one attached hydrogen (secondary N) is 2. The molecule has 1 aliphatic rings. The lowest BCUT2D eigenvalue weighted by atomic mass is 9.90. The molecule has 0 unspecified atom stereocenters. The van der Waals surface area contributed by atoms with Crippen molar-refractivity contribution in [2.45, 2.75) is 17.2 Å². The van der Waals surface area contributed by atoms with Gasteiger partial charge in [-0.2, -0.15) is 5.10 Å². The van der Waals surface area contributed by atoms with Gasteiger partial charge in [0.2, 0.25) is 11.0 Å². The van der Waals surface area contributed by atoms with E-state index in [1.165, 1.54) is 11.3 Å². The van der Waals surface area contributed by atoms with Crippen LogP contribution in [0.25, 0.3) is 0 Å². The molecular formula is C13H19ClN6OS2. The highest BCUT2D eigenvalue weighted by molar-refractivity contribution is 8.01. The zero-order valence-corrected chi connectivity index (χ0v) is 15.3. The Morgan fingerprint density at radius 1 is 1.52 bits per heavy atom. The highest BCUT2D eigenvalue weighted by Gasteiger charge is 2.35. The van der Waals surface area contributed by atoms with E-state index in [9.17, 15) is 4.79 Å². The molecule has 2 atom stereocenters. The number of amides is 1. The van der Waals surface area contributed by atoms with Gasteiger partial charge in [0, 0.05) is 32.3 Å². The van der Waals surface area contributed by atoms with Gasteiger partial charge >= 0.3 is 0 Å². The van der Waals surface area contributed by atoms with Crippen LogP contribution in [0, 0.1) is 5.92 Å². The highest BCUT2D eigenvalue weighted by Crippen LogP contribution is 2.30. The van der Waals surface area contributed by atoms with Crippen LogP contribution < -0.4 is 10.6 Å². The maximum atomic E-state index is 12.5. The highest BCUT2D eigenvalue weighted by atomic mass is 35.5. The van der Waals surface area contributed by atoms with Gasteiger partial charge in [-0.05, 0) is 11.3 Å². The molecule has 23 heavy (non-hydrogen) atoms. The van der Waals surface area contributed by atoms with E-state index >= 15 is 0 Å². The number of carbonyl (C=O) groups excluding carboxylic acids is 1. The third kappa shape index (κ3) is 4.23. The molecule has 1 saturated heterocycles. The normalized spacial score (nSPS) is 20.3. The Morgan fingerprint density at radius 3 is 3.04 bits per heavy atom. The summed E-state index contributed by atoms with van der Waals surface area (Å²) in [6.07, 6.45) is 3.80. The topological polar surface area (TPSA) is 84.7 Å². The molecule has 7 nitrogen and oxygen atoms in total. The van der Waals surface area contributed by atoms with Gasteiger partial charge in [0.15, 0.2) is 4.34 Å². The maximum Gasteiger partial charge on any atom is 0.231 e. The summed E-state index contributed by atoms with van der Waals surface area (Å²) >= 11 is 3.04. The minimum Gasteiger partial charge on any atom is -0.315 e. The summed E-state index contributed by atoms with van der Waals surface area (Å²) in [5, 5.41) is 19.0. The number of thioether (sulfide) groups is 1. The number of carbonyl (C=O) groups is 1. The molecular weight excluding hydrogens is 356 g/mol. The van der Waals surface area contributed by atoms with Crippen molar-refractivity contribution in [2.75, 3.05) is 24.2 Å². The van der Waals surface area contributed by atoms with Crippen molar-refractivity contribution in [1.82, 2.24) is 25.3 Å². The van der Waals surface area contributed by atoms with Gasteiger partial charge in [0.1, 0.15) is 0 Å². The Bertz CT molecular complexity index is 660. The lowest BCUT2D eigenvalue weighted by Gasteiger charge is -2.15. The summed E-state index contributed by atoms with van der Waals surface area (Å²) in [6.45, 7) is 3.52.